The standard InChI is InChI=1S/C27H16F6N4O3S/c28-26(29,30)19-8-11-22(34-14-19)37-24(36-40-25(37)38)23-21(41-15-16-4-2-1-3-5-16)12-18(13-35-23)17-6-9-20(10-7-17)39-27(31,32)33/h1-14H,15H2. The number of ether oxygens (including phenoxy) is 1. The smallest absolute Gasteiger partial charge is 0.406 e. The second-order valence-corrected chi connectivity index (χ2v) is 9.44. The van der Waals surface area contributed by atoms with Crippen molar-refractivity contribution in [3.63, 3.8) is 0 Å². The van der Waals surface area contributed by atoms with Gasteiger partial charge in [0.15, 0.2) is 0 Å². The average Bonchev–Trinajstić information content (AvgIpc) is 3.32. The van der Waals surface area contributed by atoms with Crippen molar-refractivity contribution in [2.75, 3.05) is 0 Å². The molecule has 0 atom stereocenters. The molecule has 0 bridgehead atoms. The van der Waals surface area contributed by atoms with Crippen molar-refractivity contribution >= 4 is 11.8 Å². The SMILES string of the molecule is O=c1onc(-c2ncc(-c3ccc(OC(F)(F)F)cc3)cc2SCc2ccccc2)n1-c1ccc(C(F)(F)F)cn1. The van der Waals surface area contributed by atoms with Crippen LogP contribution in [0.2, 0.25) is 0 Å². The maximum absolute atomic E-state index is 13.0. The number of hydrogen-bond acceptors (Lipinski definition) is 7. The van der Waals surface area contributed by atoms with Crippen LogP contribution in [-0.4, -0.2) is 26.1 Å². The Morgan fingerprint density at radius 2 is 1.59 bits per heavy atom. The van der Waals surface area contributed by atoms with Gasteiger partial charge in [0.25, 0.3) is 0 Å². The summed E-state index contributed by atoms with van der Waals surface area (Å²) < 4.78 is 86.4. The second-order valence-electron chi connectivity index (χ2n) is 8.43. The minimum atomic E-state index is -4.83. The molecule has 0 N–H and O–H groups in total. The molecule has 5 aromatic rings. The number of alkyl halides is 6. The molecule has 0 aliphatic heterocycles. The molecule has 14 heteroatoms. The fourth-order valence-corrected chi connectivity index (χ4v) is 4.76. The van der Waals surface area contributed by atoms with Crippen molar-refractivity contribution in [1.82, 2.24) is 19.7 Å². The molecular formula is C27H16F6N4O3S. The van der Waals surface area contributed by atoms with E-state index >= 15 is 0 Å². The molecule has 0 amide bonds. The fourth-order valence-electron chi connectivity index (χ4n) is 3.75. The van der Waals surface area contributed by atoms with Crippen molar-refractivity contribution in [1.29, 1.82) is 0 Å². The third-order valence-corrected chi connectivity index (χ3v) is 6.73. The van der Waals surface area contributed by atoms with Crippen LogP contribution < -0.4 is 10.5 Å². The summed E-state index contributed by atoms with van der Waals surface area (Å²) in [6.07, 6.45) is -7.44. The molecule has 7 nitrogen and oxygen atoms in total. The van der Waals surface area contributed by atoms with Crippen LogP contribution in [0.4, 0.5) is 26.3 Å². The van der Waals surface area contributed by atoms with E-state index in [1.54, 1.807) is 6.07 Å². The summed E-state index contributed by atoms with van der Waals surface area (Å²) >= 11 is 1.33. The van der Waals surface area contributed by atoms with Crippen LogP contribution in [0.1, 0.15) is 11.1 Å². The number of halogens is 6. The molecule has 3 heterocycles. The molecular weight excluding hydrogens is 574 g/mol. The maximum Gasteiger partial charge on any atom is 0.573 e. The normalized spacial score (nSPS) is 12.0. The van der Waals surface area contributed by atoms with Crippen LogP contribution in [0.5, 0.6) is 5.75 Å². The monoisotopic (exact) mass is 590 g/mol. The average molecular weight is 591 g/mol. The van der Waals surface area contributed by atoms with Crippen LogP contribution in [0.25, 0.3) is 28.5 Å². The van der Waals surface area contributed by atoms with Crippen LogP contribution in [0.15, 0.2) is 99.4 Å². The molecule has 0 fully saturated rings. The zero-order chi connectivity index (χ0) is 29.2. The number of hydrogen-bond donors (Lipinski definition) is 0. The summed E-state index contributed by atoms with van der Waals surface area (Å²) in [6.45, 7) is 0. The second kappa shape index (κ2) is 11.1. The van der Waals surface area contributed by atoms with Crippen LogP contribution in [0.3, 0.4) is 0 Å². The van der Waals surface area contributed by atoms with Crippen molar-refractivity contribution < 1.29 is 35.6 Å². The van der Waals surface area contributed by atoms with Gasteiger partial charge in [-0.2, -0.15) is 13.2 Å². The molecule has 0 unspecified atom stereocenters. The minimum absolute atomic E-state index is 0.0988. The summed E-state index contributed by atoms with van der Waals surface area (Å²) in [5.41, 5.74) is 1.21. The summed E-state index contributed by atoms with van der Waals surface area (Å²) in [6, 6.07) is 18.1. The largest absolute Gasteiger partial charge is 0.573 e. The van der Waals surface area contributed by atoms with Gasteiger partial charge in [-0.25, -0.2) is 14.3 Å². The number of benzene rings is 2. The molecule has 0 spiro atoms. The van der Waals surface area contributed by atoms with Gasteiger partial charge in [0, 0.05) is 28.6 Å². The van der Waals surface area contributed by atoms with Crippen molar-refractivity contribution in [2.45, 2.75) is 23.2 Å². The van der Waals surface area contributed by atoms with Gasteiger partial charge in [-0.05, 0) is 41.5 Å². The van der Waals surface area contributed by atoms with Gasteiger partial charge in [-0.1, -0.05) is 47.6 Å². The topological polar surface area (TPSA) is 83.0 Å². The van der Waals surface area contributed by atoms with Gasteiger partial charge >= 0.3 is 18.3 Å². The highest BCUT2D eigenvalue weighted by Gasteiger charge is 2.32. The Kier molecular flexibility index (Phi) is 7.58. The fraction of sp³-hybridized carbons (Fsp3) is 0.111. The van der Waals surface area contributed by atoms with E-state index in [2.05, 4.69) is 19.9 Å². The van der Waals surface area contributed by atoms with E-state index in [1.807, 2.05) is 30.3 Å². The summed E-state index contributed by atoms with van der Waals surface area (Å²) in [5, 5.41) is 3.81. The molecule has 41 heavy (non-hydrogen) atoms. The molecule has 0 aliphatic rings. The van der Waals surface area contributed by atoms with E-state index in [4.69, 9.17) is 4.52 Å². The minimum Gasteiger partial charge on any atom is -0.406 e. The van der Waals surface area contributed by atoms with Crippen molar-refractivity contribution in [3.05, 3.63) is 107 Å². The van der Waals surface area contributed by atoms with Gasteiger partial charge in [-0.15, -0.1) is 24.9 Å². The molecule has 0 aliphatic carbocycles. The van der Waals surface area contributed by atoms with E-state index < -0.39 is 23.9 Å². The number of aromatic nitrogens is 4. The summed E-state index contributed by atoms with van der Waals surface area (Å²) in [4.78, 5) is 21.3. The summed E-state index contributed by atoms with van der Waals surface area (Å²) in [5.74, 6) is -1.17. The lowest BCUT2D eigenvalue weighted by molar-refractivity contribution is -0.274. The first kappa shape index (κ1) is 28.0. The van der Waals surface area contributed by atoms with Crippen LogP contribution in [-0.2, 0) is 11.9 Å². The van der Waals surface area contributed by atoms with E-state index in [1.165, 1.54) is 42.2 Å². The molecule has 2 aromatic carbocycles. The Hall–Kier alpha value is -4.59. The number of thioether (sulfide) groups is 1. The van der Waals surface area contributed by atoms with E-state index in [9.17, 15) is 31.1 Å². The Balaban J connectivity index is 1.55. The van der Waals surface area contributed by atoms with E-state index in [-0.39, 0.29) is 23.1 Å². The molecule has 0 saturated carbocycles. The number of nitrogens with zero attached hydrogens (tertiary/aromatic N) is 4. The molecule has 0 radical (unpaired) electrons. The van der Waals surface area contributed by atoms with E-state index in [0.29, 0.717) is 28.0 Å². The highest BCUT2D eigenvalue weighted by atomic mass is 32.2. The number of rotatable bonds is 7. The van der Waals surface area contributed by atoms with Gasteiger partial charge in [-0.3, -0.25) is 9.51 Å². The highest BCUT2D eigenvalue weighted by molar-refractivity contribution is 7.98. The molecule has 5 rings (SSSR count). The lowest BCUT2D eigenvalue weighted by Crippen LogP contribution is -2.16. The van der Waals surface area contributed by atoms with Crippen molar-refractivity contribution in [2.24, 2.45) is 0 Å². The first-order chi connectivity index (χ1) is 19.5. The first-order valence-electron chi connectivity index (χ1n) is 11.6. The van der Waals surface area contributed by atoms with Gasteiger partial charge < -0.3 is 4.74 Å². The van der Waals surface area contributed by atoms with Crippen LogP contribution in [0, 0.1) is 0 Å². The van der Waals surface area contributed by atoms with E-state index in [0.717, 1.165) is 22.3 Å². The maximum atomic E-state index is 13.0. The molecule has 0 saturated heterocycles. The zero-order valence-corrected chi connectivity index (χ0v) is 21.3. The Bertz CT molecular complexity index is 1700. The zero-order valence-electron chi connectivity index (χ0n) is 20.5. The van der Waals surface area contributed by atoms with Crippen LogP contribution >= 0.6 is 11.8 Å². The third-order valence-electron chi connectivity index (χ3n) is 5.63. The Morgan fingerprint density at radius 1 is 0.854 bits per heavy atom. The lowest BCUT2D eigenvalue weighted by Gasteiger charge is -2.12. The van der Waals surface area contributed by atoms with Gasteiger partial charge in [0.05, 0.1) is 5.56 Å². The quantitative estimate of drug-likeness (QED) is 0.147. The number of pyridine rings is 2. The summed E-state index contributed by atoms with van der Waals surface area (Å²) in [7, 11) is 0. The Morgan fingerprint density at radius 3 is 2.22 bits per heavy atom. The molecule has 3 aromatic heterocycles. The predicted molar refractivity (Wildman–Crippen MR) is 136 cm³/mol. The molecule has 210 valence electrons. The van der Waals surface area contributed by atoms with Crippen molar-refractivity contribution in [3.8, 4) is 34.2 Å². The Labute approximate surface area is 231 Å². The predicted octanol–water partition coefficient (Wildman–Crippen LogP) is 7.16. The highest BCUT2D eigenvalue weighted by Crippen LogP contribution is 2.36. The first-order valence-corrected chi connectivity index (χ1v) is 12.6. The lowest BCUT2D eigenvalue weighted by atomic mass is 10.1. The van der Waals surface area contributed by atoms with Gasteiger partial charge in [0.2, 0.25) is 5.82 Å². The van der Waals surface area contributed by atoms with Gasteiger partial charge in [0.1, 0.15) is 17.3 Å². The third kappa shape index (κ3) is 6.60.